The van der Waals surface area contributed by atoms with Crippen molar-refractivity contribution in [1.82, 2.24) is 20.3 Å². The Bertz CT molecular complexity index is 832. The first-order valence-corrected chi connectivity index (χ1v) is 8.85. The minimum absolute atomic E-state index is 0.0170. The van der Waals surface area contributed by atoms with E-state index in [0.717, 1.165) is 0 Å². The van der Waals surface area contributed by atoms with Gasteiger partial charge in [0.2, 0.25) is 0 Å². The summed E-state index contributed by atoms with van der Waals surface area (Å²) < 4.78 is 9.71. The van der Waals surface area contributed by atoms with Gasteiger partial charge in [0.25, 0.3) is 5.91 Å². The highest BCUT2D eigenvalue weighted by atomic mass is 16.5. The van der Waals surface area contributed by atoms with Crippen LogP contribution in [-0.2, 0) is 19.1 Å². The number of methoxy groups -OCH3 is 1. The summed E-state index contributed by atoms with van der Waals surface area (Å²) in [4.78, 5) is 37.4. The number of nitrogens with zero attached hydrogens (tertiary/aromatic N) is 3. The average Bonchev–Trinajstić information content (AvgIpc) is 3.07. The van der Waals surface area contributed by atoms with Crippen LogP contribution in [0.25, 0.3) is 5.69 Å². The molecule has 1 N–H and O–H groups in total. The molecule has 0 saturated carbocycles. The number of amides is 1. The van der Waals surface area contributed by atoms with E-state index in [1.165, 1.54) is 11.9 Å². The molecule has 0 aliphatic carbocycles. The van der Waals surface area contributed by atoms with Gasteiger partial charge in [0.15, 0.2) is 12.3 Å². The number of aromatic nitrogens is 3. The zero-order chi connectivity index (χ0) is 20.7. The van der Waals surface area contributed by atoms with Gasteiger partial charge in [0.05, 0.1) is 18.5 Å². The van der Waals surface area contributed by atoms with Crippen LogP contribution in [0.15, 0.2) is 30.3 Å². The normalized spacial score (nSPS) is 11.8. The largest absolute Gasteiger partial charge is 0.467 e. The lowest BCUT2D eigenvalue weighted by atomic mass is 10.0. The number of hydrogen-bond acceptors (Lipinski definition) is 7. The van der Waals surface area contributed by atoms with E-state index >= 15 is 0 Å². The average molecular weight is 388 g/mol. The van der Waals surface area contributed by atoms with E-state index in [2.05, 4.69) is 20.3 Å². The molecule has 1 aromatic carbocycles. The van der Waals surface area contributed by atoms with Crippen LogP contribution in [0.1, 0.15) is 36.5 Å². The van der Waals surface area contributed by atoms with Crippen LogP contribution in [0.5, 0.6) is 0 Å². The Hall–Kier alpha value is -3.23. The van der Waals surface area contributed by atoms with Gasteiger partial charge in [-0.05, 0) is 31.4 Å². The number of ether oxygens (including phenoxy) is 2. The van der Waals surface area contributed by atoms with E-state index in [4.69, 9.17) is 4.74 Å². The first-order valence-electron chi connectivity index (χ1n) is 8.85. The van der Waals surface area contributed by atoms with Crippen LogP contribution in [0.3, 0.4) is 0 Å². The summed E-state index contributed by atoms with van der Waals surface area (Å²) in [7, 11) is 1.25. The fourth-order valence-corrected chi connectivity index (χ4v) is 2.51. The Labute approximate surface area is 163 Å². The van der Waals surface area contributed by atoms with Crippen molar-refractivity contribution in [2.24, 2.45) is 5.92 Å². The Balaban J connectivity index is 1.97. The monoisotopic (exact) mass is 388 g/mol. The summed E-state index contributed by atoms with van der Waals surface area (Å²) >= 11 is 0. The summed E-state index contributed by atoms with van der Waals surface area (Å²) in [6.45, 7) is 4.92. The third kappa shape index (κ3) is 5.63. The quantitative estimate of drug-likeness (QED) is 0.681. The molecular weight excluding hydrogens is 364 g/mol. The van der Waals surface area contributed by atoms with Crippen LogP contribution >= 0.6 is 0 Å². The molecule has 9 nitrogen and oxygen atoms in total. The van der Waals surface area contributed by atoms with Gasteiger partial charge in [-0.25, -0.2) is 9.59 Å². The van der Waals surface area contributed by atoms with E-state index in [9.17, 15) is 14.4 Å². The lowest BCUT2D eigenvalue weighted by Crippen LogP contribution is -2.44. The van der Waals surface area contributed by atoms with E-state index in [1.807, 2.05) is 32.0 Å². The van der Waals surface area contributed by atoms with Crippen LogP contribution < -0.4 is 5.32 Å². The lowest BCUT2D eigenvalue weighted by Gasteiger charge is -2.18. The third-order valence-electron chi connectivity index (χ3n) is 3.83. The molecule has 2 rings (SSSR count). The van der Waals surface area contributed by atoms with Crippen LogP contribution in [0.4, 0.5) is 0 Å². The Morgan fingerprint density at radius 1 is 1.14 bits per heavy atom. The fraction of sp³-hybridized carbons (Fsp3) is 0.421. The summed E-state index contributed by atoms with van der Waals surface area (Å²) in [5, 5.41) is 10.8. The SMILES string of the molecule is COC(=O)[C@H](CC(C)C)NC(=O)COC(=O)c1nn(-c2ccccc2)nc1C. The van der Waals surface area contributed by atoms with Crippen molar-refractivity contribution in [2.45, 2.75) is 33.2 Å². The van der Waals surface area contributed by atoms with E-state index in [1.54, 1.807) is 19.1 Å². The molecule has 0 aliphatic heterocycles. The second-order valence-electron chi connectivity index (χ2n) is 6.61. The Kier molecular flexibility index (Phi) is 7.25. The van der Waals surface area contributed by atoms with Gasteiger partial charge in [0, 0.05) is 0 Å². The maximum atomic E-state index is 12.3. The molecule has 28 heavy (non-hydrogen) atoms. The number of benzene rings is 1. The van der Waals surface area contributed by atoms with Crippen LogP contribution in [0, 0.1) is 12.8 Å². The van der Waals surface area contributed by atoms with Crippen LogP contribution in [0.2, 0.25) is 0 Å². The van der Waals surface area contributed by atoms with Gasteiger partial charge in [-0.15, -0.1) is 5.10 Å². The molecule has 1 aromatic heterocycles. The van der Waals surface area contributed by atoms with Crippen molar-refractivity contribution in [3.05, 3.63) is 41.7 Å². The third-order valence-corrected chi connectivity index (χ3v) is 3.83. The van der Waals surface area contributed by atoms with Crippen molar-refractivity contribution >= 4 is 17.8 Å². The number of rotatable bonds is 8. The highest BCUT2D eigenvalue weighted by Crippen LogP contribution is 2.10. The molecule has 0 aliphatic rings. The first-order chi connectivity index (χ1) is 13.3. The predicted molar refractivity (Wildman–Crippen MR) is 99.8 cm³/mol. The molecule has 1 amide bonds. The minimum atomic E-state index is -0.795. The summed E-state index contributed by atoms with van der Waals surface area (Å²) in [5.74, 6) is -1.75. The van der Waals surface area contributed by atoms with Crippen molar-refractivity contribution in [3.63, 3.8) is 0 Å². The summed E-state index contributed by atoms with van der Waals surface area (Å²) in [6, 6.07) is 8.30. The number of carbonyl (C=O) groups is 3. The predicted octanol–water partition coefficient (Wildman–Crippen LogP) is 1.44. The number of nitrogens with one attached hydrogen (secondary N) is 1. The summed E-state index contributed by atoms with van der Waals surface area (Å²) in [6.07, 6.45) is 0.414. The van der Waals surface area contributed by atoms with Gasteiger partial charge in [-0.2, -0.15) is 9.90 Å². The smallest absolute Gasteiger partial charge is 0.361 e. The highest BCUT2D eigenvalue weighted by Gasteiger charge is 2.24. The Morgan fingerprint density at radius 2 is 1.82 bits per heavy atom. The maximum absolute atomic E-state index is 12.3. The van der Waals surface area contributed by atoms with Crippen molar-refractivity contribution in [1.29, 1.82) is 0 Å². The number of para-hydroxylation sites is 1. The molecule has 0 radical (unpaired) electrons. The molecule has 2 aromatic rings. The van der Waals surface area contributed by atoms with Gasteiger partial charge in [-0.3, -0.25) is 4.79 Å². The van der Waals surface area contributed by atoms with Gasteiger partial charge < -0.3 is 14.8 Å². The zero-order valence-corrected chi connectivity index (χ0v) is 16.3. The molecule has 1 heterocycles. The molecule has 0 saturated heterocycles. The lowest BCUT2D eigenvalue weighted by molar-refractivity contribution is -0.145. The first kappa shape index (κ1) is 21.1. The van der Waals surface area contributed by atoms with E-state index < -0.39 is 30.5 Å². The molecule has 0 bridgehead atoms. The fourth-order valence-electron chi connectivity index (χ4n) is 2.51. The number of aryl methyl sites for hydroxylation is 1. The van der Waals surface area contributed by atoms with Gasteiger partial charge >= 0.3 is 11.9 Å². The molecule has 0 spiro atoms. The van der Waals surface area contributed by atoms with Crippen molar-refractivity contribution < 1.29 is 23.9 Å². The van der Waals surface area contributed by atoms with Gasteiger partial charge in [0.1, 0.15) is 6.04 Å². The molecule has 0 fully saturated rings. The number of hydrogen-bond donors (Lipinski definition) is 1. The van der Waals surface area contributed by atoms with Crippen LogP contribution in [-0.4, -0.2) is 52.6 Å². The second-order valence-corrected chi connectivity index (χ2v) is 6.61. The number of esters is 2. The maximum Gasteiger partial charge on any atom is 0.361 e. The molecule has 0 unspecified atom stereocenters. The highest BCUT2D eigenvalue weighted by molar-refractivity contribution is 5.91. The molecule has 9 heteroatoms. The second kappa shape index (κ2) is 9.63. The van der Waals surface area contributed by atoms with Crippen molar-refractivity contribution in [3.8, 4) is 5.69 Å². The summed E-state index contributed by atoms with van der Waals surface area (Å²) in [5.41, 5.74) is 1.09. The number of carbonyl (C=O) groups excluding carboxylic acids is 3. The molecule has 1 atom stereocenters. The van der Waals surface area contributed by atoms with E-state index in [0.29, 0.717) is 17.8 Å². The topological polar surface area (TPSA) is 112 Å². The van der Waals surface area contributed by atoms with Crippen molar-refractivity contribution in [2.75, 3.05) is 13.7 Å². The molecule has 150 valence electrons. The molecular formula is C19H24N4O5. The van der Waals surface area contributed by atoms with Gasteiger partial charge in [-0.1, -0.05) is 32.0 Å². The Morgan fingerprint density at radius 3 is 2.43 bits per heavy atom. The minimum Gasteiger partial charge on any atom is -0.467 e. The standard InChI is InChI=1S/C19H24N4O5/c1-12(2)10-15(18(25)27-4)20-16(24)11-28-19(26)17-13(3)21-23(22-17)14-8-6-5-7-9-14/h5-9,12,15H,10-11H2,1-4H3,(H,20,24)/t15-/m0/s1. The zero-order valence-electron chi connectivity index (χ0n) is 16.3. The van der Waals surface area contributed by atoms with E-state index in [-0.39, 0.29) is 11.6 Å².